The van der Waals surface area contributed by atoms with Gasteiger partial charge in [0.2, 0.25) is 0 Å². The van der Waals surface area contributed by atoms with Gasteiger partial charge in [-0.3, -0.25) is 0 Å². The van der Waals surface area contributed by atoms with Crippen LogP contribution in [0.1, 0.15) is 18.9 Å². The topological polar surface area (TPSA) is 77.6 Å². The molecule has 0 bridgehead atoms. The van der Waals surface area contributed by atoms with Crippen LogP contribution in [0.15, 0.2) is 42.5 Å². The number of aromatic nitrogens is 4. The number of H-pyrrole nitrogens is 2. The van der Waals surface area contributed by atoms with Gasteiger partial charge in [-0.1, -0.05) is 12.1 Å². The molecule has 2 heterocycles. The lowest BCUT2D eigenvalue weighted by Gasteiger charge is -1.96. The predicted molar refractivity (Wildman–Crippen MR) is 81.8 cm³/mol. The fraction of sp³-hybridized carbons (Fsp3) is 0.125. The van der Waals surface area contributed by atoms with Gasteiger partial charge in [-0.25, -0.2) is 9.97 Å². The lowest BCUT2D eigenvalue weighted by Crippen LogP contribution is -1.92. The molecule has 0 spiro atoms. The van der Waals surface area contributed by atoms with Crippen molar-refractivity contribution in [2.75, 3.05) is 0 Å². The second-order valence-corrected chi connectivity index (χ2v) is 5.13. The fourth-order valence-electron chi connectivity index (χ4n) is 2.46. The van der Waals surface area contributed by atoms with Crippen LogP contribution in [0.5, 0.6) is 0 Å². The summed E-state index contributed by atoms with van der Waals surface area (Å²) in [5.41, 5.74) is 4.68. The van der Waals surface area contributed by atoms with Crippen molar-refractivity contribution in [2.45, 2.75) is 13.0 Å². The molecule has 0 amide bonds. The molecular weight excluding hydrogens is 264 g/mol. The Hall–Kier alpha value is -2.66. The van der Waals surface area contributed by atoms with Crippen molar-refractivity contribution in [3.05, 3.63) is 48.3 Å². The van der Waals surface area contributed by atoms with E-state index >= 15 is 0 Å². The number of nitrogens with one attached hydrogen (secondary N) is 2. The van der Waals surface area contributed by atoms with E-state index in [-0.39, 0.29) is 0 Å². The molecule has 5 heteroatoms. The van der Waals surface area contributed by atoms with Gasteiger partial charge in [-0.15, -0.1) is 0 Å². The summed E-state index contributed by atoms with van der Waals surface area (Å²) < 4.78 is 0. The Morgan fingerprint density at radius 2 is 1.76 bits per heavy atom. The van der Waals surface area contributed by atoms with Crippen molar-refractivity contribution in [3.8, 4) is 11.4 Å². The van der Waals surface area contributed by atoms with E-state index in [1.54, 1.807) is 6.92 Å². The number of fused-ring (bicyclic) bond motifs is 2. The van der Waals surface area contributed by atoms with Crippen molar-refractivity contribution in [1.29, 1.82) is 0 Å². The average molecular weight is 278 g/mol. The first-order chi connectivity index (χ1) is 10.2. The maximum atomic E-state index is 9.59. The van der Waals surface area contributed by atoms with Crippen molar-refractivity contribution >= 4 is 22.1 Å². The summed E-state index contributed by atoms with van der Waals surface area (Å²) in [7, 11) is 0. The molecule has 0 aliphatic rings. The number of aliphatic hydroxyl groups excluding tert-OH is 1. The van der Waals surface area contributed by atoms with Crippen LogP contribution in [0.3, 0.4) is 0 Å². The van der Waals surface area contributed by atoms with Gasteiger partial charge in [0.05, 0.1) is 22.1 Å². The number of aromatic amines is 2. The largest absolute Gasteiger partial charge is 0.385 e. The van der Waals surface area contributed by atoms with Crippen molar-refractivity contribution in [2.24, 2.45) is 0 Å². The van der Waals surface area contributed by atoms with Gasteiger partial charge in [0, 0.05) is 5.56 Å². The van der Waals surface area contributed by atoms with E-state index in [9.17, 15) is 5.11 Å². The summed E-state index contributed by atoms with van der Waals surface area (Å²) in [5, 5.41) is 9.59. The molecule has 2 aromatic heterocycles. The van der Waals surface area contributed by atoms with Crippen molar-refractivity contribution < 1.29 is 5.11 Å². The predicted octanol–water partition coefficient (Wildman–Crippen LogP) is 3.16. The van der Waals surface area contributed by atoms with Crippen LogP contribution in [-0.4, -0.2) is 25.0 Å². The number of benzene rings is 2. The maximum absolute atomic E-state index is 9.59. The number of hydrogen-bond acceptors (Lipinski definition) is 3. The molecule has 0 aliphatic heterocycles. The molecule has 0 saturated heterocycles. The lowest BCUT2D eigenvalue weighted by atomic mass is 10.2. The van der Waals surface area contributed by atoms with Crippen LogP contribution < -0.4 is 0 Å². The van der Waals surface area contributed by atoms with Crippen LogP contribution in [-0.2, 0) is 0 Å². The summed E-state index contributed by atoms with van der Waals surface area (Å²) in [6.45, 7) is 1.69. The number of hydrogen-bond donors (Lipinski definition) is 3. The van der Waals surface area contributed by atoms with Crippen LogP contribution in [0.25, 0.3) is 33.5 Å². The summed E-state index contributed by atoms with van der Waals surface area (Å²) in [6, 6.07) is 13.8. The molecule has 2 aromatic carbocycles. The monoisotopic (exact) mass is 278 g/mol. The van der Waals surface area contributed by atoms with Gasteiger partial charge in [-0.2, -0.15) is 0 Å². The van der Waals surface area contributed by atoms with Gasteiger partial charge in [0.15, 0.2) is 0 Å². The highest BCUT2D eigenvalue weighted by Gasteiger charge is 2.10. The fourth-order valence-corrected chi connectivity index (χ4v) is 2.46. The van der Waals surface area contributed by atoms with Crippen LogP contribution in [0, 0.1) is 0 Å². The second kappa shape index (κ2) is 4.43. The molecule has 4 aromatic rings. The third kappa shape index (κ3) is 1.98. The Kier molecular flexibility index (Phi) is 2.55. The molecule has 0 fully saturated rings. The minimum Gasteiger partial charge on any atom is -0.385 e. The first-order valence-electron chi connectivity index (χ1n) is 6.83. The lowest BCUT2D eigenvalue weighted by molar-refractivity contribution is 0.190. The third-order valence-corrected chi connectivity index (χ3v) is 3.56. The Morgan fingerprint density at radius 1 is 0.952 bits per heavy atom. The van der Waals surface area contributed by atoms with Gasteiger partial charge in [0.1, 0.15) is 17.8 Å². The van der Waals surface area contributed by atoms with Crippen LogP contribution >= 0.6 is 0 Å². The highest BCUT2D eigenvalue weighted by Crippen LogP contribution is 2.24. The Morgan fingerprint density at radius 3 is 2.57 bits per heavy atom. The molecule has 21 heavy (non-hydrogen) atoms. The summed E-state index contributed by atoms with van der Waals surface area (Å²) in [6.07, 6.45) is -0.605. The first-order valence-corrected chi connectivity index (χ1v) is 6.83. The molecule has 5 nitrogen and oxygen atoms in total. The average Bonchev–Trinajstić information content (AvgIpc) is 3.10. The molecule has 0 radical (unpaired) electrons. The number of imidazole rings is 2. The van der Waals surface area contributed by atoms with Crippen molar-refractivity contribution in [3.63, 3.8) is 0 Å². The molecule has 4 rings (SSSR count). The second-order valence-electron chi connectivity index (χ2n) is 5.13. The van der Waals surface area contributed by atoms with Gasteiger partial charge in [-0.05, 0) is 37.3 Å². The molecule has 104 valence electrons. The third-order valence-electron chi connectivity index (χ3n) is 3.56. The highest BCUT2D eigenvalue weighted by atomic mass is 16.3. The number of para-hydroxylation sites is 2. The summed E-state index contributed by atoms with van der Waals surface area (Å²) >= 11 is 0. The Balaban J connectivity index is 1.85. The number of nitrogens with zero attached hydrogens (tertiary/aromatic N) is 2. The van der Waals surface area contributed by atoms with Crippen LogP contribution in [0.2, 0.25) is 0 Å². The number of aliphatic hydroxyl groups is 1. The Bertz CT molecular complexity index is 903. The molecule has 3 N–H and O–H groups in total. The zero-order valence-electron chi connectivity index (χ0n) is 11.5. The van der Waals surface area contributed by atoms with E-state index in [0.29, 0.717) is 5.82 Å². The van der Waals surface area contributed by atoms with Crippen molar-refractivity contribution in [1.82, 2.24) is 19.9 Å². The van der Waals surface area contributed by atoms with E-state index in [0.717, 1.165) is 33.5 Å². The summed E-state index contributed by atoms with van der Waals surface area (Å²) in [4.78, 5) is 15.4. The van der Waals surface area contributed by atoms with E-state index < -0.39 is 6.10 Å². The highest BCUT2D eigenvalue weighted by molar-refractivity contribution is 5.84. The molecule has 0 saturated carbocycles. The van der Waals surface area contributed by atoms with Gasteiger partial charge >= 0.3 is 0 Å². The normalized spacial score (nSPS) is 13.0. The minimum atomic E-state index is -0.605. The molecular formula is C16H14N4O. The molecule has 1 unspecified atom stereocenters. The van der Waals surface area contributed by atoms with E-state index in [2.05, 4.69) is 19.9 Å². The van der Waals surface area contributed by atoms with E-state index in [4.69, 9.17) is 0 Å². The van der Waals surface area contributed by atoms with Gasteiger partial charge < -0.3 is 15.1 Å². The zero-order chi connectivity index (χ0) is 14.4. The van der Waals surface area contributed by atoms with Crippen LogP contribution in [0.4, 0.5) is 0 Å². The number of rotatable bonds is 2. The van der Waals surface area contributed by atoms with E-state index in [1.807, 2.05) is 42.5 Å². The van der Waals surface area contributed by atoms with Gasteiger partial charge in [0.25, 0.3) is 0 Å². The molecule has 0 aliphatic carbocycles. The molecule has 1 atom stereocenters. The maximum Gasteiger partial charge on any atom is 0.138 e. The minimum absolute atomic E-state index is 0.576. The van der Waals surface area contributed by atoms with E-state index in [1.165, 1.54) is 0 Å². The zero-order valence-corrected chi connectivity index (χ0v) is 11.5. The summed E-state index contributed by atoms with van der Waals surface area (Å²) in [5.74, 6) is 1.40. The quantitative estimate of drug-likeness (QED) is 0.527. The smallest absolute Gasteiger partial charge is 0.138 e. The Labute approximate surface area is 120 Å². The first kappa shape index (κ1) is 12.1. The standard InChI is InChI=1S/C16H14N4O/c1-9(21)15-17-13-7-6-10(8-14(13)20-15)16-18-11-4-2-3-5-12(11)19-16/h2-9,21H,1H3,(H,17,20)(H,18,19). The SMILES string of the molecule is CC(O)c1nc2ccc(-c3nc4ccccc4[nH]3)cc2[nH]1.